The van der Waals surface area contributed by atoms with Crippen molar-refractivity contribution >= 4 is 28.7 Å². The lowest BCUT2D eigenvalue weighted by molar-refractivity contribution is -0.115. The van der Waals surface area contributed by atoms with E-state index in [9.17, 15) is 9.59 Å². The highest BCUT2D eigenvalue weighted by Gasteiger charge is 2.14. The number of para-hydroxylation sites is 1. The molecule has 3 rings (SSSR count). The van der Waals surface area contributed by atoms with Crippen LogP contribution in [-0.2, 0) is 16.0 Å². The topological polar surface area (TPSA) is 81.4 Å². The molecule has 0 radical (unpaired) electrons. The summed E-state index contributed by atoms with van der Waals surface area (Å²) in [5, 5.41) is 2.74. The number of methoxy groups -OCH3 is 1. The Hall–Kier alpha value is -3.15. The van der Waals surface area contributed by atoms with Crippen LogP contribution in [0.4, 0.5) is 5.69 Å². The zero-order valence-corrected chi connectivity index (χ0v) is 13.3. The number of carbonyl (C=O) groups is 2. The molecule has 0 atom stereocenters. The van der Waals surface area contributed by atoms with Gasteiger partial charge in [0.25, 0.3) is 0 Å². The van der Waals surface area contributed by atoms with Gasteiger partial charge in [0.15, 0.2) is 11.5 Å². The molecule has 1 aromatic heterocycles. The molecule has 0 spiro atoms. The number of rotatable bonds is 4. The van der Waals surface area contributed by atoms with Gasteiger partial charge in [0.2, 0.25) is 5.91 Å². The molecule has 6 nitrogen and oxygen atoms in total. The molecule has 122 valence electrons. The highest BCUT2D eigenvalue weighted by Crippen LogP contribution is 2.19. The Kier molecular flexibility index (Phi) is 4.29. The van der Waals surface area contributed by atoms with E-state index in [0.29, 0.717) is 22.7 Å². The summed E-state index contributed by atoms with van der Waals surface area (Å²) in [4.78, 5) is 28.2. The smallest absolute Gasteiger partial charge is 0.339 e. The van der Waals surface area contributed by atoms with Crippen LogP contribution in [0.15, 0.2) is 46.9 Å². The van der Waals surface area contributed by atoms with Gasteiger partial charge in [0, 0.05) is 6.92 Å². The van der Waals surface area contributed by atoms with Gasteiger partial charge >= 0.3 is 5.97 Å². The van der Waals surface area contributed by atoms with E-state index in [-0.39, 0.29) is 12.3 Å². The molecule has 0 aliphatic carbocycles. The first-order chi connectivity index (χ1) is 11.6. The minimum absolute atomic E-state index is 0.158. The maximum absolute atomic E-state index is 12.3. The van der Waals surface area contributed by atoms with Crippen molar-refractivity contribution in [3.05, 3.63) is 59.5 Å². The van der Waals surface area contributed by atoms with E-state index in [1.807, 2.05) is 12.1 Å². The standard InChI is InChI=1S/C18H16N2O4/c1-11-19-15-8-7-12(9-16(15)24-11)10-17(21)20-14-6-4-3-5-13(14)18(22)23-2/h3-9H,10H2,1-2H3,(H,20,21). The molecule has 6 heteroatoms. The van der Waals surface area contributed by atoms with Gasteiger partial charge in [-0.2, -0.15) is 0 Å². The predicted octanol–water partition coefficient (Wildman–Crippen LogP) is 3.10. The number of nitrogens with one attached hydrogen (secondary N) is 1. The number of fused-ring (bicyclic) bond motifs is 1. The van der Waals surface area contributed by atoms with Crippen LogP contribution in [0.5, 0.6) is 0 Å². The maximum atomic E-state index is 12.3. The van der Waals surface area contributed by atoms with Gasteiger partial charge in [0.1, 0.15) is 5.52 Å². The summed E-state index contributed by atoms with van der Waals surface area (Å²) in [7, 11) is 1.30. The summed E-state index contributed by atoms with van der Waals surface area (Å²) in [5.41, 5.74) is 2.94. The van der Waals surface area contributed by atoms with E-state index in [0.717, 1.165) is 11.1 Å². The maximum Gasteiger partial charge on any atom is 0.339 e. The Morgan fingerprint density at radius 1 is 1.21 bits per heavy atom. The first kappa shape index (κ1) is 15.7. The molecule has 3 aromatic rings. The zero-order valence-electron chi connectivity index (χ0n) is 13.3. The predicted molar refractivity (Wildman–Crippen MR) is 88.9 cm³/mol. The Bertz CT molecular complexity index is 914. The van der Waals surface area contributed by atoms with Crippen molar-refractivity contribution in [3.63, 3.8) is 0 Å². The third kappa shape index (κ3) is 3.27. The van der Waals surface area contributed by atoms with E-state index < -0.39 is 5.97 Å². The van der Waals surface area contributed by atoms with E-state index in [4.69, 9.17) is 9.15 Å². The Labute approximate surface area is 138 Å². The number of amides is 1. The second kappa shape index (κ2) is 6.54. The van der Waals surface area contributed by atoms with E-state index in [1.165, 1.54) is 7.11 Å². The van der Waals surface area contributed by atoms with Crippen LogP contribution in [-0.4, -0.2) is 24.0 Å². The van der Waals surface area contributed by atoms with E-state index in [1.54, 1.807) is 37.3 Å². The number of hydrogen-bond acceptors (Lipinski definition) is 5. The van der Waals surface area contributed by atoms with Crippen LogP contribution in [0.3, 0.4) is 0 Å². The molecule has 0 fully saturated rings. The van der Waals surface area contributed by atoms with Crippen molar-refractivity contribution in [2.75, 3.05) is 12.4 Å². The summed E-state index contributed by atoms with van der Waals surface area (Å²) in [6.45, 7) is 1.77. The average Bonchev–Trinajstić information content (AvgIpc) is 2.94. The third-order valence-corrected chi connectivity index (χ3v) is 3.53. The van der Waals surface area contributed by atoms with Crippen molar-refractivity contribution in [3.8, 4) is 0 Å². The van der Waals surface area contributed by atoms with Gasteiger partial charge < -0.3 is 14.5 Å². The van der Waals surface area contributed by atoms with Gasteiger partial charge in [-0.1, -0.05) is 18.2 Å². The molecule has 0 unspecified atom stereocenters. The van der Waals surface area contributed by atoms with Crippen LogP contribution in [0.25, 0.3) is 11.1 Å². The summed E-state index contributed by atoms with van der Waals surface area (Å²) in [6, 6.07) is 12.2. The number of hydrogen-bond donors (Lipinski definition) is 1. The van der Waals surface area contributed by atoms with Crippen LogP contribution in [0.1, 0.15) is 21.8 Å². The number of esters is 1. The first-order valence-electron chi connectivity index (χ1n) is 7.40. The lowest BCUT2D eigenvalue weighted by Gasteiger charge is -2.09. The summed E-state index contributed by atoms with van der Waals surface area (Å²) < 4.78 is 10.2. The van der Waals surface area contributed by atoms with E-state index in [2.05, 4.69) is 10.3 Å². The molecule has 1 N–H and O–H groups in total. The Balaban J connectivity index is 1.76. The molecule has 1 amide bonds. The molecule has 0 saturated heterocycles. The lowest BCUT2D eigenvalue weighted by Crippen LogP contribution is -2.17. The van der Waals surface area contributed by atoms with Gasteiger partial charge in [-0.25, -0.2) is 9.78 Å². The number of benzene rings is 2. The summed E-state index contributed by atoms with van der Waals surface area (Å²) in [5.74, 6) is -0.148. The fourth-order valence-electron chi connectivity index (χ4n) is 2.45. The normalized spacial score (nSPS) is 10.6. The number of oxazole rings is 1. The second-order valence-electron chi connectivity index (χ2n) is 5.30. The molecule has 1 heterocycles. The van der Waals surface area contributed by atoms with Crippen LogP contribution >= 0.6 is 0 Å². The monoisotopic (exact) mass is 324 g/mol. The van der Waals surface area contributed by atoms with Crippen molar-refractivity contribution in [1.82, 2.24) is 4.98 Å². The second-order valence-corrected chi connectivity index (χ2v) is 5.30. The number of ether oxygens (including phenoxy) is 1. The van der Waals surface area contributed by atoms with Crippen molar-refractivity contribution in [2.24, 2.45) is 0 Å². The molecular weight excluding hydrogens is 308 g/mol. The lowest BCUT2D eigenvalue weighted by atomic mass is 10.1. The highest BCUT2D eigenvalue weighted by atomic mass is 16.5. The quantitative estimate of drug-likeness (QED) is 0.746. The largest absolute Gasteiger partial charge is 0.465 e. The fourth-order valence-corrected chi connectivity index (χ4v) is 2.45. The van der Waals surface area contributed by atoms with Crippen LogP contribution in [0.2, 0.25) is 0 Å². The third-order valence-electron chi connectivity index (χ3n) is 3.53. The minimum atomic E-state index is -0.496. The SMILES string of the molecule is COC(=O)c1ccccc1NC(=O)Cc1ccc2nc(C)oc2c1. The van der Waals surface area contributed by atoms with Crippen molar-refractivity contribution < 1.29 is 18.7 Å². The van der Waals surface area contributed by atoms with Crippen LogP contribution in [0, 0.1) is 6.92 Å². The summed E-state index contributed by atoms with van der Waals surface area (Å²) in [6.07, 6.45) is 0.158. The fraction of sp³-hybridized carbons (Fsp3) is 0.167. The van der Waals surface area contributed by atoms with Gasteiger partial charge in [-0.05, 0) is 29.8 Å². The van der Waals surface area contributed by atoms with Gasteiger partial charge in [-0.15, -0.1) is 0 Å². The summed E-state index contributed by atoms with van der Waals surface area (Å²) >= 11 is 0. The van der Waals surface area contributed by atoms with Crippen LogP contribution < -0.4 is 5.32 Å². The molecule has 0 aliphatic heterocycles. The number of nitrogens with zero attached hydrogens (tertiary/aromatic N) is 1. The molecular formula is C18H16N2O4. The Morgan fingerprint density at radius 2 is 2.00 bits per heavy atom. The molecule has 0 saturated carbocycles. The average molecular weight is 324 g/mol. The molecule has 0 bridgehead atoms. The van der Waals surface area contributed by atoms with Gasteiger partial charge in [0.05, 0.1) is 24.8 Å². The minimum Gasteiger partial charge on any atom is -0.465 e. The number of carbonyl (C=O) groups excluding carboxylic acids is 2. The van der Waals surface area contributed by atoms with E-state index >= 15 is 0 Å². The molecule has 2 aromatic carbocycles. The number of anilines is 1. The van der Waals surface area contributed by atoms with Crippen molar-refractivity contribution in [1.29, 1.82) is 0 Å². The van der Waals surface area contributed by atoms with Crippen molar-refractivity contribution in [2.45, 2.75) is 13.3 Å². The number of aryl methyl sites for hydroxylation is 1. The Morgan fingerprint density at radius 3 is 2.79 bits per heavy atom. The molecule has 24 heavy (non-hydrogen) atoms. The highest BCUT2D eigenvalue weighted by molar-refractivity contribution is 6.01. The zero-order chi connectivity index (χ0) is 17.1. The number of aromatic nitrogens is 1. The van der Waals surface area contributed by atoms with Gasteiger partial charge in [-0.3, -0.25) is 4.79 Å². The molecule has 0 aliphatic rings. The first-order valence-corrected chi connectivity index (χ1v) is 7.40.